The van der Waals surface area contributed by atoms with Gasteiger partial charge in [0.15, 0.2) is 0 Å². The molecule has 0 unspecified atom stereocenters. The summed E-state index contributed by atoms with van der Waals surface area (Å²) in [6.45, 7) is 0. The summed E-state index contributed by atoms with van der Waals surface area (Å²) < 4.78 is 0. The second-order valence-corrected chi connectivity index (χ2v) is 3.54. The van der Waals surface area contributed by atoms with Crippen LogP contribution < -0.4 is 0 Å². The quantitative estimate of drug-likeness (QED) is 0.642. The average Bonchev–Trinajstić information content (AvgIpc) is 2.45. The van der Waals surface area contributed by atoms with E-state index in [4.69, 9.17) is 0 Å². The minimum Gasteiger partial charge on any atom is -0.0623 e. The molecule has 0 amide bonds. The Labute approximate surface area is 96.6 Å². The van der Waals surface area contributed by atoms with Crippen LogP contribution in [0.25, 0.3) is 6.08 Å². The Kier molecular flexibility index (Phi) is 3.73. The van der Waals surface area contributed by atoms with Gasteiger partial charge < -0.3 is 0 Å². The predicted octanol–water partition coefficient (Wildman–Crippen LogP) is 4.31. The van der Waals surface area contributed by atoms with Crippen molar-refractivity contribution in [2.24, 2.45) is 0 Å². The molecule has 0 bridgehead atoms. The van der Waals surface area contributed by atoms with Gasteiger partial charge in [-0.1, -0.05) is 78.9 Å². The Balaban J connectivity index is 2.28. The third-order valence-corrected chi connectivity index (χ3v) is 2.27. The van der Waals surface area contributed by atoms with E-state index in [1.165, 1.54) is 11.1 Å². The molecule has 0 nitrogen and oxygen atoms in total. The highest BCUT2D eigenvalue weighted by Crippen LogP contribution is 2.10. The highest BCUT2D eigenvalue weighted by atomic mass is 13.9. The van der Waals surface area contributed by atoms with Crippen LogP contribution in [-0.4, -0.2) is 0 Å². The van der Waals surface area contributed by atoms with E-state index in [0.29, 0.717) is 0 Å². The van der Waals surface area contributed by atoms with Crippen LogP contribution in [0.4, 0.5) is 0 Å². The van der Waals surface area contributed by atoms with Crippen LogP contribution >= 0.6 is 0 Å². The van der Waals surface area contributed by atoms with E-state index in [0.717, 1.165) is 0 Å². The first-order chi connectivity index (χ1) is 7.95. The average molecular weight is 206 g/mol. The highest BCUT2D eigenvalue weighted by molar-refractivity contribution is 5.60. The molecule has 0 heterocycles. The van der Waals surface area contributed by atoms with Crippen molar-refractivity contribution in [2.45, 2.75) is 0 Å². The second-order valence-electron chi connectivity index (χ2n) is 3.54. The third kappa shape index (κ3) is 3.25. The van der Waals surface area contributed by atoms with Gasteiger partial charge in [0, 0.05) is 0 Å². The molecular formula is C16H14. The van der Waals surface area contributed by atoms with Crippen LogP contribution in [-0.2, 0) is 0 Å². The standard InChI is InChI=1S/C16H14/c1-2-4-7-11-15(10-6-3-1)14-16-12-8-5-9-13-16/h1-14H/b3-1-,4-2-,10-6-,11-7-. The molecule has 0 atom stereocenters. The van der Waals surface area contributed by atoms with Crippen LogP contribution in [0.15, 0.2) is 84.5 Å². The summed E-state index contributed by atoms with van der Waals surface area (Å²) in [4.78, 5) is 0. The van der Waals surface area contributed by atoms with Crippen molar-refractivity contribution >= 4 is 6.08 Å². The fourth-order valence-corrected chi connectivity index (χ4v) is 1.48. The van der Waals surface area contributed by atoms with Gasteiger partial charge >= 0.3 is 0 Å². The van der Waals surface area contributed by atoms with Crippen molar-refractivity contribution in [3.05, 3.63) is 90.1 Å². The van der Waals surface area contributed by atoms with E-state index in [-0.39, 0.29) is 0 Å². The third-order valence-electron chi connectivity index (χ3n) is 2.27. The first-order valence-electron chi connectivity index (χ1n) is 5.40. The van der Waals surface area contributed by atoms with E-state index in [9.17, 15) is 0 Å². The van der Waals surface area contributed by atoms with E-state index in [2.05, 4.69) is 54.6 Å². The largest absolute Gasteiger partial charge is 0.0623 e. The molecule has 1 aromatic rings. The maximum Gasteiger partial charge on any atom is -0.0251 e. The van der Waals surface area contributed by atoms with Crippen LogP contribution in [0, 0.1) is 0 Å². The van der Waals surface area contributed by atoms with Gasteiger partial charge in [0.25, 0.3) is 0 Å². The predicted molar refractivity (Wildman–Crippen MR) is 71.0 cm³/mol. The van der Waals surface area contributed by atoms with Crippen molar-refractivity contribution in [3.63, 3.8) is 0 Å². The molecule has 0 spiro atoms. The van der Waals surface area contributed by atoms with Crippen molar-refractivity contribution < 1.29 is 0 Å². The topological polar surface area (TPSA) is 0 Å². The lowest BCUT2D eigenvalue weighted by molar-refractivity contribution is 1.63. The van der Waals surface area contributed by atoms with E-state index < -0.39 is 0 Å². The van der Waals surface area contributed by atoms with Crippen LogP contribution in [0.2, 0.25) is 0 Å². The Morgan fingerprint density at radius 3 is 1.81 bits per heavy atom. The summed E-state index contributed by atoms with van der Waals surface area (Å²) in [5.41, 5.74) is 2.42. The molecule has 78 valence electrons. The Hall–Kier alpha value is -2.08. The molecule has 0 aliphatic heterocycles. The van der Waals surface area contributed by atoms with E-state index >= 15 is 0 Å². The molecule has 0 saturated heterocycles. The molecule has 2 rings (SSSR count). The fourth-order valence-electron chi connectivity index (χ4n) is 1.48. The lowest BCUT2D eigenvalue weighted by atomic mass is 10.1. The molecule has 0 N–H and O–H groups in total. The van der Waals surface area contributed by atoms with Crippen molar-refractivity contribution in [1.29, 1.82) is 0 Å². The normalized spacial score (nSPS) is 22.4. The van der Waals surface area contributed by atoms with Crippen LogP contribution in [0.3, 0.4) is 0 Å². The number of allylic oxidation sites excluding steroid dienone is 9. The second kappa shape index (κ2) is 5.72. The summed E-state index contributed by atoms with van der Waals surface area (Å²) in [5, 5.41) is 0. The fraction of sp³-hybridized carbons (Fsp3) is 0. The monoisotopic (exact) mass is 206 g/mol. The summed E-state index contributed by atoms with van der Waals surface area (Å²) in [6.07, 6.45) is 18.6. The van der Waals surface area contributed by atoms with Gasteiger partial charge in [-0.2, -0.15) is 0 Å². The van der Waals surface area contributed by atoms with Gasteiger partial charge in [0.05, 0.1) is 0 Å². The lowest BCUT2D eigenvalue weighted by Crippen LogP contribution is -1.74. The van der Waals surface area contributed by atoms with Crippen molar-refractivity contribution in [2.75, 3.05) is 0 Å². The molecule has 0 aromatic heterocycles. The van der Waals surface area contributed by atoms with Gasteiger partial charge in [-0.05, 0) is 17.2 Å². The van der Waals surface area contributed by atoms with Gasteiger partial charge in [-0.25, -0.2) is 0 Å². The van der Waals surface area contributed by atoms with Gasteiger partial charge in [-0.15, -0.1) is 0 Å². The van der Waals surface area contributed by atoms with Crippen molar-refractivity contribution in [1.82, 2.24) is 0 Å². The Morgan fingerprint density at radius 2 is 1.19 bits per heavy atom. The molecule has 0 fully saturated rings. The number of rotatable bonds is 1. The van der Waals surface area contributed by atoms with Gasteiger partial charge in [0.1, 0.15) is 0 Å². The summed E-state index contributed by atoms with van der Waals surface area (Å²) in [6, 6.07) is 10.3. The molecule has 1 aliphatic rings. The molecule has 16 heavy (non-hydrogen) atoms. The molecule has 0 saturated carbocycles. The maximum atomic E-state index is 2.17. The van der Waals surface area contributed by atoms with E-state index in [1.807, 2.05) is 30.4 Å². The first kappa shape index (κ1) is 10.4. The lowest BCUT2D eigenvalue weighted by Gasteiger charge is -1.95. The highest BCUT2D eigenvalue weighted by Gasteiger charge is 1.88. The zero-order valence-electron chi connectivity index (χ0n) is 9.08. The zero-order chi connectivity index (χ0) is 11.1. The summed E-state index contributed by atoms with van der Waals surface area (Å²) in [7, 11) is 0. The first-order valence-corrected chi connectivity index (χ1v) is 5.40. The number of hydrogen-bond acceptors (Lipinski definition) is 0. The SMILES string of the molecule is C(=C1\C=C/C=C\C=C/C=C\1)c1ccccc1. The maximum absolute atomic E-state index is 2.17. The molecule has 0 heteroatoms. The van der Waals surface area contributed by atoms with Gasteiger partial charge in [0.2, 0.25) is 0 Å². The summed E-state index contributed by atoms with van der Waals surface area (Å²) in [5.74, 6) is 0. The Morgan fingerprint density at radius 1 is 0.625 bits per heavy atom. The smallest absolute Gasteiger partial charge is 0.0251 e. The van der Waals surface area contributed by atoms with Crippen molar-refractivity contribution in [3.8, 4) is 0 Å². The Bertz CT molecular complexity index is 444. The number of hydrogen-bond donors (Lipinski definition) is 0. The van der Waals surface area contributed by atoms with Crippen LogP contribution in [0.5, 0.6) is 0 Å². The van der Waals surface area contributed by atoms with E-state index in [1.54, 1.807) is 0 Å². The molecule has 1 aliphatic carbocycles. The minimum absolute atomic E-state index is 1.20. The molecule has 0 radical (unpaired) electrons. The summed E-state index contributed by atoms with van der Waals surface area (Å²) >= 11 is 0. The van der Waals surface area contributed by atoms with Gasteiger partial charge in [-0.3, -0.25) is 0 Å². The van der Waals surface area contributed by atoms with Crippen LogP contribution in [0.1, 0.15) is 5.56 Å². The minimum atomic E-state index is 1.20. The zero-order valence-corrected chi connectivity index (χ0v) is 9.08. The number of benzene rings is 1. The molecule has 1 aromatic carbocycles. The molecular weight excluding hydrogens is 192 g/mol.